The molecule has 1 fully saturated rings. The van der Waals surface area contributed by atoms with Crippen LogP contribution in [0.2, 0.25) is 0 Å². The number of nitrogens with one attached hydrogen (secondary N) is 3. The summed E-state index contributed by atoms with van der Waals surface area (Å²) in [6, 6.07) is 7.34. The van der Waals surface area contributed by atoms with Gasteiger partial charge in [0.2, 0.25) is 15.9 Å². The van der Waals surface area contributed by atoms with E-state index >= 15 is 0 Å². The zero-order chi connectivity index (χ0) is 22.9. The summed E-state index contributed by atoms with van der Waals surface area (Å²) >= 11 is 0. The van der Waals surface area contributed by atoms with E-state index < -0.39 is 22.2 Å². The third-order valence-corrected chi connectivity index (χ3v) is 7.15. The van der Waals surface area contributed by atoms with E-state index in [2.05, 4.69) is 21.0 Å². The molecular weight excluding hydrogens is 420 g/mol. The van der Waals surface area contributed by atoms with Gasteiger partial charge in [-0.05, 0) is 44.5 Å². The molecule has 31 heavy (non-hydrogen) atoms. The van der Waals surface area contributed by atoms with Gasteiger partial charge in [-0.15, -0.1) is 0 Å². The van der Waals surface area contributed by atoms with Gasteiger partial charge in [-0.25, -0.2) is 17.4 Å². The molecule has 1 aromatic heterocycles. The fourth-order valence-corrected chi connectivity index (χ4v) is 4.43. The van der Waals surface area contributed by atoms with Gasteiger partial charge in [-0.2, -0.15) is 5.10 Å². The average molecular weight is 449 g/mol. The molecule has 11 heteroatoms. The third-order valence-electron chi connectivity index (χ3n) is 5.32. The molecule has 168 valence electrons. The highest BCUT2D eigenvalue weighted by atomic mass is 32.2. The maximum atomic E-state index is 12.8. The minimum absolute atomic E-state index is 0.0528. The Balaban J connectivity index is 1.80. The molecule has 1 aliphatic rings. The quantitative estimate of drug-likeness (QED) is 0.611. The van der Waals surface area contributed by atoms with Gasteiger partial charge in [0.1, 0.15) is 5.82 Å². The summed E-state index contributed by atoms with van der Waals surface area (Å²) in [4.78, 5) is 25.3. The minimum atomic E-state index is -3.57. The van der Waals surface area contributed by atoms with Crippen LogP contribution in [0.25, 0.3) is 0 Å². The van der Waals surface area contributed by atoms with Crippen LogP contribution in [0, 0.1) is 12.8 Å². The lowest BCUT2D eigenvalue weighted by atomic mass is 9.95. The molecule has 0 saturated carbocycles. The van der Waals surface area contributed by atoms with Crippen LogP contribution in [0.1, 0.15) is 42.6 Å². The third kappa shape index (κ3) is 4.63. The topological polar surface area (TPSA) is 125 Å². The summed E-state index contributed by atoms with van der Waals surface area (Å²) in [7, 11) is -0.683. The van der Waals surface area contributed by atoms with Gasteiger partial charge in [-0.1, -0.05) is 6.92 Å². The lowest BCUT2D eigenvalue weighted by Crippen LogP contribution is -2.57. The van der Waals surface area contributed by atoms with Crippen molar-refractivity contribution in [3.63, 3.8) is 0 Å². The Morgan fingerprint density at radius 3 is 2.45 bits per heavy atom. The van der Waals surface area contributed by atoms with Crippen LogP contribution >= 0.6 is 0 Å². The number of carbonyl (C=O) groups is 2. The van der Waals surface area contributed by atoms with Gasteiger partial charge < -0.3 is 10.6 Å². The summed E-state index contributed by atoms with van der Waals surface area (Å²) < 4.78 is 27.0. The van der Waals surface area contributed by atoms with Gasteiger partial charge in [0, 0.05) is 31.8 Å². The molecule has 2 amide bonds. The highest BCUT2D eigenvalue weighted by molar-refractivity contribution is 7.89. The number of hydrogen-bond acceptors (Lipinski definition) is 6. The normalized spacial score (nSPS) is 21.7. The van der Waals surface area contributed by atoms with E-state index in [9.17, 15) is 18.0 Å². The van der Waals surface area contributed by atoms with Crippen LogP contribution in [0.15, 0.2) is 35.2 Å². The van der Waals surface area contributed by atoms with Crippen LogP contribution in [0.5, 0.6) is 0 Å². The molecule has 2 aromatic rings. The fraction of sp³-hybridized carbons (Fsp3) is 0.450. The van der Waals surface area contributed by atoms with Crippen molar-refractivity contribution < 1.29 is 18.0 Å². The first-order valence-electron chi connectivity index (χ1n) is 10.0. The molecule has 3 N–H and O–H groups in total. The molecule has 3 unspecified atom stereocenters. The second kappa shape index (κ2) is 8.77. The first-order valence-corrected chi connectivity index (χ1v) is 11.4. The lowest BCUT2D eigenvalue weighted by Gasteiger charge is -2.35. The Kier molecular flexibility index (Phi) is 6.48. The second-order valence-corrected chi connectivity index (χ2v) is 9.91. The lowest BCUT2D eigenvalue weighted by molar-refractivity contribution is -0.130. The van der Waals surface area contributed by atoms with Crippen LogP contribution in [-0.4, -0.2) is 54.5 Å². The zero-order valence-electron chi connectivity index (χ0n) is 18.2. The Bertz CT molecular complexity index is 1080. The standard InChI is InChI=1S/C20H28N6O4S/c1-6-16-13(3)21-20(23-19(16)28)26-17(11-12(2)24-26)22-18(27)14-7-9-15(10-8-14)31(29,30)25(4)5/h7-11,13,16,20-21H,6H2,1-5H3,(H,22,27)(H,23,28). The molecule has 0 spiro atoms. The number of rotatable bonds is 6. The number of nitrogens with zero attached hydrogens (tertiary/aromatic N) is 3. The van der Waals surface area contributed by atoms with E-state index in [0.717, 1.165) is 4.31 Å². The van der Waals surface area contributed by atoms with Crippen molar-refractivity contribution in [2.24, 2.45) is 5.92 Å². The summed E-state index contributed by atoms with van der Waals surface area (Å²) in [5.41, 5.74) is 0.965. The van der Waals surface area contributed by atoms with E-state index in [-0.39, 0.29) is 22.8 Å². The average Bonchev–Trinajstić information content (AvgIpc) is 3.07. The predicted molar refractivity (Wildman–Crippen MR) is 116 cm³/mol. The largest absolute Gasteiger partial charge is 0.322 e. The summed E-state index contributed by atoms with van der Waals surface area (Å²) in [6.45, 7) is 5.69. The number of benzene rings is 1. The van der Waals surface area contributed by atoms with Gasteiger partial charge >= 0.3 is 0 Å². The molecule has 3 rings (SSSR count). The van der Waals surface area contributed by atoms with Gasteiger partial charge in [0.15, 0.2) is 6.29 Å². The molecule has 0 aliphatic carbocycles. The Hall–Kier alpha value is -2.76. The Labute approximate surface area is 182 Å². The number of amides is 2. The zero-order valence-corrected chi connectivity index (χ0v) is 19.0. The van der Waals surface area contributed by atoms with E-state index in [0.29, 0.717) is 23.5 Å². The Morgan fingerprint density at radius 2 is 1.90 bits per heavy atom. The van der Waals surface area contributed by atoms with Crippen LogP contribution in [0.4, 0.5) is 5.82 Å². The Morgan fingerprint density at radius 1 is 1.26 bits per heavy atom. The maximum absolute atomic E-state index is 12.8. The molecule has 10 nitrogen and oxygen atoms in total. The maximum Gasteiger partial charge on any atom is 0.256 e. The number of aromatic nitrogens is 2. The summed E-state index contributed by atoms with van der Waals surface area (Å²) in [6.07, 6.45) is 0.121. The van der Waals surface area contributed by atoms with Crippen molar-refractivity contribution in [2.75, 3.05) is 19.4 Å². The smallest absolute Gasteiger partial charge is 0.256 e. The van der Waals surface area contributed by atoms with Crippen molar-refractivity contribution in [2.45, 2.75) is 44.4 Å². The summed E-state index contributed by atoms with van der Waals surface area (Å²) in [5.74, 6) is -0.214. The molecule has 3 atom stereocenters. The number of hydrogen-bond donors (Lipinski definition) is 3. The number of carbonyl (C=O) groups excluding carboxylic acids is 2. The van der Waals surface area contributed by atoms with Gasteiger partial charge in [-0.3, -0.25) is 14.9 Å². The number of sulfonamides is 1. The fourth-order valence-electron chi connectivity index (χ4n) is 3.53. The van der Waals surface area contributed by atoms with Crippen LogP contribution in [0.3, 0.4) is 0 Å². The predicted octanol–water partition coefficient (Wildman–Crippen LogP) is 1.28. The molecule has 1 saturated heterocycles. The highest BCUT2D eigenvalue weighted by Gasteiger charge is 2.34. The van der Waals surface area contributed by atoms with Crippen molar-refractivity contribution in [1.82, 2.24) is 24.7 Å². The molecule has 0 radical (unpaired) electrons. The van der Waals surface area contributed by atoms with E-state index in [1.807, 2.05) is 13.8 Å². The molecule has 1 aromatic carbocycles. The molecule has 2 heterocycles. The van der Waals surface area contributed by atoms with Gasteiger partial charge in [0.25, 0.3) is 5.91 Å². The second-order valence-electron chi connectivity index (χ2n) is 7.76. The van der Waals surface area contributed by atoms with Crippen molar-refractivity contribution in [3.8, 4) is 0 Å². The minimum Gasteiger partial charge on any atom is -0.322 e. The summed E-state index contributed by atoms with van der Waals surface area (Å²) in [5, 5.41) is 13.4. The van der Waals surface area contributed by atoms with Crippen molar-refractivity contribution in [3.05, 3.63) is 41.6 Å². The first-order chi connectivity index (χ1) is 14.5. The van der Waals surface area contributed by atoms with E-state index in [1.165, 1.54) is 43.0 Å². The molecule has 0 bridgehead atoms. The molecule has 1 aliphatic heterocycles. The van der Waals surface area contributed by atoms with Crippen LogP contribution < -0.4 is 16.0 Å². The SMILES string of the molecule is CCC1C(=O)NC(n2nc(C)cc2NC(=O)c2ccc(S(=O)(=O)N(C)C)cc2)NC1C. The highest BCUT2D eigenvalue weighted by Crippen LogP contribution is 2.22. The first kappa shape index (κ1) is 22.9. The van der Waals surface area contributed by atoms with Crippen LogP contribution in [-0.2, 0) is 14.8 Å². The van der Waals surface area contributed by atoms with E-state index in [4.69, 9.17) is 0 Å². The molecular formula is C20H28N6O4S. The number of aryl methyl sites for hydroxylation is 1. The monoisotopic (exact) mass is 448 g/mol. The van der Waals surface area contributed by atoms with E-state index in [1.54, 1.807) is 13.0 Å². The van der Waals surface area contributed by atoms with Crippen molar-refractivity contribution >= 4 is 27.7 Å². The van der Waals surface area contributed by atoms with Crippen molar-refractivity contribution in [1.29, 1.82) is 0 Å². The van der Waals surface area contributed by atoms with Gasteiger partial charge in [0.05, 0.1) is 16.5 Å². The number of anilines is 1.